The maximum Gasteiger partial charge on any atom is 0.223 e. The van der Waals surface area contributed by atoms with E-state index in [4.69, 9.17) is 0 Å². The summed E-state index contributed by atoms with van der Waals surface area (Å²) in [6.45, 7) is 9.86. The molecule has 1 saturated heterocycles. The lowest BCUT2D eigenvalue weighted by Gasteiger charge is -2.43. The molecule has 0 aromatic carbocycles. The molecule has 3 rings (SSSR count). The van der Waals surface area contributed by atoms with Crippen molar-refractivity contribution in [1.82, 2.24) is 15.2 Å². The molecule has 0 bridgehead atoms. The zero-order chi connectivity index (χ0) is 17.2. The van der Waals surface area contributed by atoms with Crippen LogP contribution in [-0.2, 0) is 4.79 Å². The first-order valence-corrected chi connectivity index (χ1v) is 9.44. The topological polar surface area (TPSA) is 45.2 Å². The number of pyridine rings is 1. The Labute approximate surface area is 146 Å². The molecule has 1 aliphatic carbocycles. The lowest BCUT2D eigenvalue weighted by Crippen LogP contribution is -2.55. The zero-order valence-electron chi connectivity index (χ0n) is 15.3. The molecule has 3 unspecified atom stereocenters. The van der Waals surface area contributed by atoms with Gasteiger partial charge >= 0.3 is 0 Å². The number of amides is 1. The molecule has 4 heteroatoms. The molecule has 1 aromatic heterocycles. The summed E-state index contributed by atoms with van der Waals surface area (Å²) < 4.78 is 0. The monoisotopic (exact) mass is 329 g/mol. The summed E-state index contributed by atoms with van der Waals surface area (Å²) >= 11 is 0. The summed E-state index contributed by atoms with van der Waals surface area (Å²) in [5, 5.41) is 3.21. The second-order valence-electron chi connectivity index (χ2n) is 8.13. The third-order valence-electron chi connectivity index (χ3n) is 5.89. The summed E-state index contributed by atoms with van der Waals surface area (Å²) in [5.41, 5.74) is 1.22. The molecular weight excluding hydrogens is 298 g/mol. The summed E-state index contributed by atoms with van der Waals surface area (Å²) in [5.74, 6) is 1.52. The number of hydrogen-bond donors (Lipinski definition) is 1. The number of nitrogens with zero attached hydrogens (tertiary/aromatic N) is 2. The van der Waals surface area contributed by atoms with Crippen LogP contribution in [0.3, 0.4) is 0 Å². The molecule has 24 heavy (non-hydrogen) atoms. The van der Waals surface area contributed by atoms with Crippen molar-refractivity contribution < 1.29 is 4.79 Å². The highest BCUT2D eigenvalue weighted by Gasteiger charge is 2.44. The molecule has 1 aliphatic heterocycles. The summed E-state index contributed by atoms with van der Waals surface area (Å²) in [6, 6.07) is 4.03. The smallest absolute Gasteiger partial charge is 0.223 e. The van der Waals surface area contributed by atoms with Crippen LogP contribution in [-0.4, -0.2) is 41.0 Å². The van der Waals surface area contributed by atoms with Crippen molar-refractivity contribution >= 4 is 5.91 Å². The summed E-state index contributed by atoms with van der Waals surface area (Å²) in [4.78, 5) is 19.2. The van der Waals surface area contributed by atoms with Gasteiger partial charge in [-0.2, -0.15) is 0 Å². The number of piperidine rings is 1. The largest absolute Gasteiger partial charge is 0.354 e. The normalized spacial score (nSPS) is 27.7. The Hall–Kier alpha value is -1.42. The van der Waals surface area contributed by atoms with Crippen molar-refractivity contribution in [2.75, 3.05) is 19.6 Å². The lowest BCUT2D eigenvalue weighted by molar-refractivity contribution is -0.123. The number of carbonyl (C=O) groups is 1. The van der Waals surface area contributed by atoms with E-state index in [1.165, 1.54) is 31.4 Å². The van der Waals surface area contributed by atoms with E-state index in [1.807, 2.05) is 12.3 Å². The Balaban J connectivity index is 1.49. The third kappa shape index (κ3) is 3.97. The van der Waals surface area contributed by atoms with Gasteiger partial charge in [0.25, 0.3) is 0 Å². The van der Waals surface area contributed by atoms with E-state index >= 15 is 0 Å². The average molecular weight is 329 g/mol. The van der Waals surface area contributed by atoms with E-state index in [0.717, 1.165) is 25.4 Å². The maximum atomic E-state index is 12.5. The van der Waals surface area contributed by atoms with Gasteiger partial charge < -0.3 is 5.32 Å². The van der Waals surface area contributed by atoms with Gasteiger partial charge in [0.05, 0.1) is 0 Å². The van der Waals surface area contributed by atoms with Crippen LogP contribution in [0.5, 0.6) is 0 Å². The van der Waals surface area contributed by atoms with Crippen molar-refractivity contribution in [2.45, 2.75) is 57.9 Å². The summed E-state index contributed by atoms with van der Waals surface area (Å²) in [6.07, 6.45) is 8.52. The Morgan fingerprint density at radius 2 is 2.29 bits per heavy atom. The van der Waals surface area contributed by atoms with Gasteiger partial charge in [-0.25, -0.2) is 0 Å². The molecule has 3 atom stereocenters. The van der Waals surface area contributed by atoms with Crippen LogP contribution in [0.25, 0.3) is 0 Å². The van der Waals surface area contributed by atoms with Crippen molar-refractivity contribution in [3.63, 3.8) is 0 Å². The zero-order valence-corrected chi connectivity index (χ0v) is 15.3. The maximum absolute atomic E-state index is 12.5. The minimum Gasteiger partial charge on any atom is -0.354 e. The molecular formula is C20H31N3O. The van der Waals surface area contributed by atoms with Crippen molar-refractivity contribution in [3.05, 3.63) is 30.1 Å². The number of hydrogen-bond acceptors (Lipinski definition) is 3. The van der Waals surface area contributed by atoms with Gasteiger partial charge in [0.15, 0.2) is 0 Å². The second kappa shape index (κ2) is 7.22. The number of aromatic nitrogens is 1. The fraction of sp³-hybridized carbons (Fsp3) is 0.700. The quantitative estimate of drug-likeness (QED) is 0.872. The molecule has 0 radical (unpaired) electrons. The van der Waals surface area contributed by atoms with Gasteiger partial charge in [-0.3, -0.25) is 14.7 Å². The van der Waals surface area contributed by atoms with Crippen LogP contribution in [0.15, 0.2) is 24.5 Å². The van der Waals surface area contributed by atoms with Crippen LogP contribution in [0.1, 0.15) is 57.9 Å². The van der Waals surface area contributed by atoms with Gasteiger partial charge in [0.2, 0.25) is 5.91 Å². The van der Waals surface area contributed by atoms with E-state index in [2.05, 4.69) is 42.0 Å². The van der Waals surface area contributed by atoms with E-state index in [9.17, 15) is 4.79 Å². The minimum atomic E-state index is 0.0299. The number of carbonyl (C=O) groups excluding carboxylic acids is 1. The van der Waals surface area contributed by atoms with E-state index < -0.39 is 0 Å². The van der Waals surface area contributed by atoms with Crippen molar-refractivity contribution in [3.8, 4) is 0 Å². The van der Waals surface area contributed by atoms with Gasteiger partial charge in [-0.05, 0) is 63.1 Å². The molecule has 1 amide bonds. The highest BCUT2D eigenvalue weighted by molar-refractivity contribution is 5.82. The molecule has 0 spiro atoms. The molecule has 2 heterocycles. The third-order valence-corrected chi connectivity index (χ3v) is 5.89. The van der Waals surface area contributed by atoms with Crippen molar-refractivity contribution in [1.29, 1.82) is 0 Å². The first kappa shape index (κ1) is 17.4. The SMILES string of the molecule is CCC1CCCN(C(C)(C)CNC(=O)C2CC2c2cccnc2)C1. The molecule has 1 aromatic rings. The van der Waals surface area contributed by atoms with Crippen molar-refractivity contribution in [2.24, 2.45) is 11.8 Å². The Morgan fingerprint density at radius 1 is 1.46 bits per heavy atom. The fourth-order valence-electron chi connectivity index (χ4n) is 3.94. The predicted molar refractivity (Wildman–Crippen MR) is 96.8 cm³/mol. The second-order valence-corrected chi connectivity index (χ2v) is 8.13. The molecule has 1 saturated carbocycles. The average Bonchev–Trinajstić information content (AvgIpc) is 3.41. The minimum absolute atomic E-state index is 0.0299. The molecule has 2 fully saturated rings. The molecule has 1 N–H and O–H groups in total. The molecule has 2 aliphatic rings. The van der Waals surface area contributed by atoms with Gasteiger partial charge in [0.1, 0.15) is 0 Å². The van der Waals surface area contributed by atoms with Gasteiger partial charge in [-0.1, -0.05) is 19.4 Å². The van der Waals surface area contributed by atoms with Crippen LogP contribution in [0.4, 0.5) is 0 Å². The highest BCUT2D eigenvalue weighted by Crippen LogP contribution is 2.47. The van der Waals surface area contributed by atoms with Crippen LogP contribution in [0, 0.1) is 11.8 Å². The van der Waals surface area contributed by atoms with Gasteiger partial charge in [-0.15, -0.1) is 0 Å². The van der Waals surface area contributed by atoms with Crippen LogP contribution >= 0.6 is 0 Å². The highest BCUT2D eigenvalue weighted by atomic mass is 16.2. The van der Waals surface area contributed by atoms with Crippen LogP contribution < -0.4 is 5.32 Å². The number of rotatable bonds is 6. The van der Waals surface area contributed by atoms with E-state index in [1.54, 1.807) is 6.20 Å². The Kier molecular flexibility index (Phi) is 5.24. The first-order chi connectivity index (χ1) is 11.5. The van der Waals surface area contributed by atoms with Crippen LogP contribution in [0.2, 0.25) is 0 Å². The Bertz CT molecular complexity index is 557. The number of likely N-dealkylation sites (tertiary alicyclic amines) is 1. The summed E-state index contributed by atoms with van der Waals surface area (Å²) in [7, 11) is 0. The van der Waals surface area contributed by atoms with Gasteiger partial charge in [0, 0.05) is 36.9 Å². The standard InChI is InChI=1S/C20H31N3O/c1-4-15-7-6-10-23(13-15)20(2,3)14-22-19(24)18-11-17(18)16-8-5-9-21-12-16/h5,8-9,12,15,17-18H,4,6-7,10-11,13-14H2,1-3H3,(H,22,24). The first-order valence-electron chi connectivity index (χ1n) is 9.44. The fourth-order valence-corrected chi connectivity index (χ4v) is 3.94. The van der Waals surface area contributed by atoms with E-state index in [-0.39, 0.29) is 17.4 Å². The van der Waals surface area contributed by atoms with E-state index in [0.29, 0.717) is 5.92 Å². The lowest BCUT2D eigenvalue weighted by atomic mass is 9.91. The molecule has 4 nitrogen and oxygen atoms in total. The number of nitrogens with one attached hydrogen (secondary N) is 1. The molecule has 132 valence electrons. The predicted octanol–water partition coefficient (Wildman–Crippen LogP) is 3.20. The Morgan fingerprint density at radius 3 is 3.00 bits per heavy atom.